The number of amides is 1. The molecule has 21 heavy (non-hydrogen) atoms. The molecule has 118 valence electrons. The van der Waals surface area contributed by atoms with Crippen LogP contribution in [0, 0.1) is 11.8 Å². The van der Waals surface area contributed by atoms with E-state index in [1.807, 2.05) is 0 Å². The molecule has 0 radical (unpaired) electrons. The Labute approximate surface area is 131 Å². The molecule has 4 atom stereocenters. The van der Waals surface area contributed by atoms with Crippen LogP contribution in [0.1, 0.15) is 72.6 Å². The van der Waals surface area contributed by atoms with Gasteiger partial charge in [0.25, 0.3) is 0 Å². The standard InChI is InChI=1S/C18H32BNO/c1-12(2)18-8-6-5-7-16-14(9-15(11-18)19-18)10-17(21)20(16)13(3)4/h12-16,19H,5-11H2,1-4H3. The molecule has 1 aliphatic carbocycles. The maximum Gasteiger partial charge on any atom is 0.223 e. The lowest BCUT2D eigenvalue weighted by atomic mass is 9.27. The van der Waals surface area contributed by atoms with Crippen LogP contribution in [0.4, 0.5) is 0 Å². The second-order valence-corrected chi connectivity index (χ2v) is 8.70. The zero-order valence-corrected chi connectivity index (χ0v) is 14.4. The summed E-state index contributed by atoms with van der Waals surface area (Å²) in [4.78, 5) is 14.6. The average molecular weight is 289 g/mol. The molecule has 0 N–H and O–H groups in total. The zero-order chi connectivity index (χ0) is 15.2. The third-order valence-corrected chi connectivity index (χ3v) is 6.86. The monoisotopic (exact) mass is 289 g/mol. The van der Waals surface area contributed by atoms with Gasteiger partial charge in [0.1, 0.15) is 7.28 Å². The van der Waals surface area contributed by atoms with Crippen LogP contribution in [-0.2, 0) is 4.79 Å². The molecule has 4 rings (SSSR count). The Morgan fingerprint density at radius 2 is 1.95 bits per heavy atom. The SMILES string of the molecule is CC(C)N1C(=O)CC2CC3BC(C(C)C)(CCCCC21)C3. The number of carbonyl (C=O) groups is 1. The van der Waals surface area contributed by atoms with Crippen LogP contribution in [0.25, 0.3) is 0 Å². The van der Waals surface area contributed by atoms with E-state index in [4.69, 9.17) is 0 Å². The van der Waals surface area contributed by atoms with Gasteiger partial charge in [-0.3, -0.25) is 4.79 Å². The smallest absolute Gasteiger partial charge is 0.223 e. The van der Waals surface area contributed by atoms with Crippen LogP contribution in [0.3, 0.4) is 0 Å². The van der Waals surface area contributed by atoms with Gasteiger partial charge in [-0.25, -0.2) is 0 Å². The summed E-state index contributed by atoms with van der Waals surface area (Å²) in [6, 6.07) is 0.927. The molecule has 0 aromatic rings. The molecule has 1 amide bonds. The highest BCUT2D eigenvalue weighted by Gasteiger charge is 2.50. The first-order chi connectivity index (χ1) is 9.93. The second-order valence-electron chi connectivity index (χ2n) is 8.70. The van der Waals surface area contributed by atoms with Crippen molar-refractivity contribution in [3.8, 4) is 0 Å². The summed E-state index contributed by atoms with van der Waals surface area (Å²) in [5.74, 6) is 2.81. The number of hydrogen-bond donors (Lipinski definition) is 0. The van der Waals surface area contributed by atoms with Crippen molar-refractivity contribution in [2.24, 2.45) is 11.8 Å². The molecule has 3 aliphatic heterocycles. The lowest BCUT2D eigenvalue weighted by molar-refractivity contribution is -0.130. The van der Waals surface area contributed by atoms with Crippen molar-refractivity contribution in [2.75, 3.05) is 0 Å². The van der Waals surface area contributed by atoms with Gasteiger partial charge in [-0.15, -0.1) is 0 Å². The predicted octanol–water partition coefficient (Wildman–Crippen LogP) is 4.02. The maximum absolute atomic E-state index is 12.4. The Morgan fingerprint density at radius 3 is 2.57 bits per heavy atom. The molecule has 3 saturated heterocycles. The minimum absolute atomic E-state index is 0.381. The van der Waals surface area contributed by atoms with Gasteiger partial charge in [0.2, 0.25) is 5.91 Å². The zero-order valence-electron chi connectivity index (χ0n) is 14.4. The van der Waals surface area contributed by atoms with Crippen molar-refractivity contribution in [1.29, 1.82) is 0 Å². The van der Waals surface area contributed by atoms with Gasteiger partial charge in [-0.1, -0.05) is 57.1 Å². The van der Waals surface area contributed by atoms with E-state index in [9.17, 15) is 4.79 Å². The van der Waals surface area contributed by atoms with Gasteiger partial charge in [0.15, 0.2) is 0 Å². The van der Waals surface area contributed by atoms with Crippen molar-refractivity contribution < 1.29 is 4.79 Å². The highest BCUT2D eigenvalue weighted by Crippen LogP contribution is 2.60. The third-order valence-electron chi connectivity index (χ3n) is 6.86. The van der Waals surface area contributed by atoms with Gasteiger partial charge in [-0.05, 0) is 32.1 Å². The summed E-state index contributed by atoms with van der Waals surface area (Å²) in [5.41, 5.74) is 0. The van der Waals surface area contributed by atoms with Crippen molar-refractivity contribution in [3.63, 3.8) is 0 Å². The summed E-state index contributed by atoms with van der Waals surface area (Å²) < 4.78 is 0. The first-order valence-corrected chi connectivity index (χ1v) is 9.24. The van der Waals surface area contributed by atoms with E-state index in [2.05, 4.69) is 32.6 Å². The molecule has 3 heteroatoms. The lowest BCUT2D eigenvalue weighted by Crippen LogP contribution is -2.44. The highest BCUT2D eigenvalue weighted by atomic mass is 16.2. The Morgan fingerprint density at radius 1 is 1.24 bits per heavy atom. The second kappa shape index (κ2) is 5.63. The minimum Gasteiger partial charge on any atom is -0.337 e. The fourth-order valence-electron chi connectivity index (χ4n) is 5.64. The summed E-state index contributed by atoms with van der Waals surface area (Å²) in [6.07, 6.45) is 8.93. The van der Waals surface area contributed by atoms with Crippen LogP contribution in [-0.4, -0.2) is 30.2 Å². The average Bonchev–Trinajstić information content (AvgIpc) is 2.67. The maximum atomic E-state index is 12.4. The molecule has 4 aliphatic rings. The molecular weight excluding hydrogens is 257 g/mol. The number of rotatable bonds is 2. The van der Waals surface area contributed by atoms with Crippen molar-refractivity contribution in [3.05, 3.63) is 0 Å². The van der Waals surface area contributed by atoms with Crippen LogP contribution in [0.15, 0.2) is 0 Å². The molecule has 2 bridgehead atoms. The molecule has 0 spiro atoms. The van der Waals surface area contributed by atoms with E-state index in [1.165, 1.54) is 45.8 Å². The third kappa shape index (κ3) is 2.66. The summed E-state index contributed by atoms with van der Waals surface area (Å²) in [6.45, 7) is 9.22. The summed E-state index contributed by atoms with van der Waals surface area (Å²) in [5, 5.41) is 0.651. The molecule has 4 fully saturated rings. The Hall–Kier alpha value is -0.465. The van der Waals surface area contributed by atoms with Crippen molar-refractivity contribution in [2.45, 2.75) is 95.9 Å². The lowest BCUT2D eigenvalue weighted by Gasteiger charge is -2.52. The van der Waals surface area contributed by atoms with Crippen LogP contribution < -0.4 is 0 Å². The molecule has 3 heterocycles. The van der Waals surface area contributed by atoms with Gasteiger partial charge in [0, 0.05) is 18.5 Å². The van der Waals surface area contributed by atoms with Gasteiger partial charge < -0.3 is 4.90 Å². The summed E-state index contributed by atoms with van der Waals surface area (Å²) >= 11 is 0. The normalized spacial score (nSPS) is 40.0. The van der Waals surface area contributed by atoms with E-state index in [1.54, 1.807) is 0 Å². The number of fused-ring (bicyclic) bond motifs is 3. The largest absolute Gasteiger partial charge is 0.337 e. The number of carbonyl (C=O) groups excluding carboxylic acids is 1. The van der Waals surface area contributed by atoms with Crippen LogP contribution >= 0.6 is 0 Å². The van der Waals surface area contributed by atoms with Crippen LogP contribution in [0.5, 0.6) is 0 Å². The fourth-order valence-corrected chi connectivity index (χ4v) is 5.64. The molecular formula is C18H32BNO. The quantitative estimate of drug-likeness (QED) is 0.703. The highest BCUT2D eigenvalue weighted by molar-refractivity contribution is 6.46. The number of nitrogens with zero attached hydrogens (tertiary/aromatic N) is 1. The van der Waals surface area contributed by atoms with Gasteiger partial charge >= 0.3 is 0 Å². The van der Waals surface area contributed by atoms with E-state index >= 15 is 0 Å². The molecule has 2 nitrogen and oxygen atoms in total. The molecule has 0 aromatic heterocycles. The molecule has 1 saturated carbocycles. The predicted molar refractivity (Wildman–Crippen MR) is 90.0 cm³/mol. The molecule has 4 unspecified atom stereocenters. The van der Waals surface area contributed by atoms with Crippen LogP contribution in [0.2, 0.25) is 11.1 Å². The van der Waals surface area contributed by atoms with E-state index in [-0.39, 0.29) is 0 Å². The Bertz CT molecular complexity index is 400. The topological polar surface area (TPSA) is 20.3 Å². The van der Waals surface area contributed by atoms with E-state index in [0.29, 0.717) is 29.2 Å². The Balaban J connectivity index is 1.73. The minimum atomic E-state index is 0.381. The van der Waals surface area contributed by atoms with Gasteiger partial charge in [0.05, 0.1) is 0 Å². The first-order valence-electron chi connectivity index (χ1n) is 9.24. The number of hydrogen-bond acceptors (Lipinski definition) is 1. The van der Waals surface area contributed by atoms with E-state index < -0.39 is 0 Å². The van der Waals surface area contributed by atoms with Crippen molar-refractivity contribution >= 4 is 13.2 Å². The van der Waals surface area contributed by atoms with Gasteiger partial charge in [-0.2, -0.15) is 0 Å². The number of likely N-dealkylation sites (tertiary alicyclic amines) is 1. The molecule has 0 aromatic carbocycles. The fraction of sp³-hybridized carbons (Fsp3) is 0.944. The summed E-state index contributed by atoms with van der Waals surface area (Å²) in [7, 11) is 1.43. The van der Waals surface area contributed by atoms with Crippen molar-refractivity contribution in [1.82, 2.24) is 4.90 Å². The first kappa shape index (κ1) is 15.4. The van der Waals surface area contributed by atoms with E-state index in [0.717, 1.165) is 18.2 Å². The Kier molecular flexibility index (Phi) is 4.13.